The van der Waals surface area contributed by atoms with Crippen LogP contribution >= 0.6 is 0 Å². The Kier molecular flexibility index (Phi) is 8.42. The summed E-state index contributed by atoms with van der Waals surface area (Å²) in [5, 5.41) is 3.59. The van der Waals surface area contributed by atoms with Crippen LogP contribution in [0.2, 0.25) is 0 Å². The van der Waals surface area contributed by atoms with Gasteiger partial charge in [0.1, 0.15) is 0 Å². The van der Waals surface area contributed by atoms with E-state index in [1.165, 1.54) is 27.8 Å². The van der Waals surface area contributed by atoms with Gasteiger partial charge in [0.15, 0.2) is 0 Å². The molecule has 1 heterocycles. The minimum atomic E-state index is -0.253. The van der Waals surface area contributed by atoms with E-state index in [1.807, 2.05) is 29.2 Å². The second-order valence-electron chi connectivity index (χ2n) is 9.77. The highest BCUT2D eigenvalue weighted by Gasteiger charge is 2.27. The van der Waals surface area contributed by atoms with E-state index >= 15 is 0 Å². The highest BCUT2D eigenvalue weighted by Crippen LogP contribution is 2.19. The molecule has 0 aromatic heterocycles. The van der Waals surface area contributed by atoms with Crippen LogP contribution in [0.3, 0.4) is 0 Å². The van der Waals surface area contributed by atoms with Gasteiger partial charge in [-0.2, -0.15) is 0 Å². The smallest absolute Gasteiger partial charge is 0.240 e. The van der Waals surface area contributed by atoms with Gasteiger partial charge >= 0.3 is 0 Å². The summed E-state index contributed by atoms with van der Waals surface area (Å²) in [6.45, 7) is 4.94. The number of amides is 1. The predicted molar refractivity (Wildman–Crippen MR) is 151 cm³/mol. The van der Waals surface area contributed by atoms with E-state index in [-0.39, 0.29) is 11.9 Å². The molecule has 188 valence electrons. The minimum Gasteiger partial charge on any atom is -0.339 e. The summed E-state index contributed by atoms with van der Waals surface area (Å²) in [6, 6.07) is 39.7. The van der Waals surface area contributed by atoms with Crippen LogP contribution in [0.15, 0.2) is 115 Å². The molecule has 1 saturated heterocycles. The molecule has 0 bridgehead atoms. The van der Waals surface area contributed by atoms with Crippen LogP contribution in [0.4, 0.5) is 0 Å². The fourth-order valence-electron chi connectivity index (χ4n) is 4.97. The number of hydrogen-bond acceptors (Lipinski definition) is 3. The van der Waals surface area contributed by atoms with Crippen LogP contribution in [-0.2, 0) is 24.3 Å². The van der Waals surface area contributed by atoms with Gasteiger partial charge in [-0.05, 0) is 34.2 Å². The summed E-state index contributed by atoms with van der Waals surface area (Å²) in [5.74, 6) is 0.198. The third-order valence-electron chi connectivity index (χ3n) is 7.13. The molecule has 0 saturated carbocycles. The molecule has 0 radical (unpaired) electrons. The zero-order chi connectivity index (χ0) is 25.3. The standard InChI is InChI=1S/C33H35N3O/c37-33(36-22-20-35(21-23-36)26-29-12-6-2-7-13-29)32(24-27-10-4-1-5-11-27)34-25-28-16-18-31(19-17-28)30-14-8-3-9-15-30/h1-19,32,34H,20-26H2. The lowest BCUT2D eigenvalue weighted by atomic mass is 10.0. The Morgan fingerprint density at radius 2 is 1.16 bits per heavy atom. The average molecular weight is 490 g/mol. The molecule has 4 nitrogen and oxygen atoms in total. The number of carbonyl (C=O) groups is 1. The van der Waals surface area contributed by atoms with Gasteiger partial charge in [-0.3, -0.25) is 9.69 Å². The first-order valence-corrected chi connectivity index (χ1v) is 13.2. The summed E-state index contributed by atoms with van der Waals surface area (Å²) >= 11 is 0. The van der Waals surface area contributed by atoms with Crippen molar-refractivity contribution in [1.29, 1.82) is 0 Å². The van der Waals surface area contributed by atoms with Crippen molar-refractivity contribution < 1.29 is 4.79 Å². The number of hydrogen-bond donors (Lipinski definition) is 1. The minimum absolute atomic E-state index is 0.198. The molecule has 5 rings (SSSR count). The van der Waals surface area contributed by atoms with Crippen molar-refractivity contribution in [2.75, 3.05) is 26.2 Å². The molecular formula is C33H35N3O. The first kappa shape index (κ1) is 24.9. The molecule has 1 fully saturated rings. The van der Waals surface area contributed by atoms with Crippen LogP contribution < -0.4 is 5.32 Å². The number of piperazine rings is 1. The van der Waals surface area contributed by atoms with Gasteiger partial charge in [0.2, 0.25) is 5.91 Å². The topological polar surface area (TPSA) is 35.6 Å². The van der Waals surface area contributed by atoms with E-state index in [2.05, 4.69) is 101 Å². The molecule has 4 aromatic carbocycles. The van der Waals surface area contributed by atoms with Crippen molar-refractivity contribution in [2.45, 2.75) is 25.6 Å². The van der Waals surface area contributed by atoms with E-state index in [1.54, 1.807) is 0 Å². The van der Waals surface area contributed by atoms with Crippen LogP contribution in [0, 0.1) is 0 Å². The molecular weight excluding hydrogens is 454 g/mol. The molecule has 1 N–H and O–H groups in total. The maximum atomic E-state index is 13.7. The van der Waals surface area contributed by atoms with E-state index in [0.29, 0.717) is 13.0 Å². The summed E-state index contributed by atoms with van der Waals surface area (Å²) < 4.78 is 0. The van der Waals surface area contributed by atoms with Crippen LogP contribution in [-0.4, -0.2) is 47.9 Å². The average Bonchev–Trinajstić information content (AvgIpc) is 2.97. The Bertz CT molecular complexity index is 1240. The lowest BCUT2D eigenvalue weighted by Gasteiger charge is -2.36. The number of nitrogens with one attached hydrogen (secondary N) is 1. The quantitative estimate of drug-likeness (QED) is 0.342. The molecule has 1 amide bonds. The van der Waals surface area contributed by atoms with Gasteiger partial charge in [0.05, 0.1) is 6.04 Å². The summed E-state index contributed by atoms with van der Waals surface area (Å²) in [6.07, 6.45) is 0.687. The fourth-order valence-corrected chi connectivity index (χ4v) is 4.97. The highest BCUT2D eigenvalue weighted by atomic mass is 16.2. The van der Waals surface area contributed by atoms with Gasteiger partial charge in [-0.1, -0.05) is 115 Å². The zero-order valence-corrected chi connectivity index (χ0v) is 21.3. The Labute approximate surface area is 220 Å². The summed E-state index contributed by atoms with van der Waals surface area (Å²) in [7, 11) is 0. The number of rotatable bonds is 9. The lowest BCUT2D eigenvalue weighted by Crippen LogP contribution is -2.54. The second-order valence-corrected chi connectivity index (χ2v) is 9.77. The molecule has 4 heteroatoms. The van der Waals surface area contributed by atoms with Crippen LogP contribution in [0.1, 0.15) is 16.7 Å². The molecule has 37 heavy (non-hydrogen) atoms. The Morgan fingerprint density at radius 3 is 1.78 bits per heavy atom. The van der Waals surface area contributed by atoms with Crippen molar-refractivity contribution in [3.63, 3.8) is 0 Å². The Hall–Kier alpha value is -3.73. The number of nitrogens with zero attached hydrogens (tertiary/aromatic N) is 2. The van der Waals surface area contributed by atoms with Gasteiger partial charge in [0, 0.05) is 39.3 Å². The van der Waals surface area contributed by atoms with Gasteiger partial charge in [0.25, 0.3) is 0 Å². The molecule has 1 atom stereocenters. The predicted octanol–water partition coefficient (Wildman–Crippen LogP) is 5.40. The van der Waals surface area contributed by atoms with Crippen LogP contribution in [0.25, 0.3) is 11.1 Å². The monoisotopic (exact) mass is 489 g/mol. The van der Waals surface area contributed by atoms with Gasteiger partial charge in [-0.15, -0.1) is 0 Å². The largest absolute Gasteiger partial charge is 0.339 e. The third kappa shape index (κ3) is 6.94. The van der Waals surface area contributed by atoms with E-state index in [0.717, 1.165) is 32.7 Å². The molecule has 0 spiro atoms. The van der Waals surface area contributed by atoms with E-state index < -0.39 is 0 Å². The Morgan fingerprint density at radius 1 is 0.622 bits per heavy atom. The van der Waals surface area contributed by atoms with Crippen molar-refractivity contribution in [3.8, 4) is 11.1 Å². The first-order valence-electron chi connectivity index (χ1n) is 13.2. The molecule has 0 aliphatic carbocycles. The summed E-state index contributed by atoms with van der Waals surface area (Å²) in [5.41, 5.74) is 6.10. The van der Waals surface area contributed by atoms with Crippen molar-refractivity contribution >= 4 is 5.91 Å². The normalized spacial score (nSPS) is 14.9. The van der Waals surface area contributed by atoms with E-state index in [9.17, 15) is 4.79 Å². The first-order chi connectivity index (χ1) is 18.2. The highest BCUT2D eigenvalue weighted by molar-refractivity contribution is 5.82. The summed E-state index contributed by atoms with van der Waals surface area (Å²) in [4.78, 5) is 18.2. The maximum Gasteiger partial charge on any atom is 0.240 e. The maximum absolute atomic E-state index is 13.7. The Balaban J connectivity index is 1.21. The van der Waals surface area contributed by atoms with Gasteiger partial charge in [-0.25, -0.2) is 0 Å². The van der Waals surface area contributed by atoms with Crippen molar-refractivity contribution in [1.82, 2.24) is 15.1 Å². The number of carbonyl (C=O) groups excluding carboxylic acids is 1. The number of benzene rings is 4. The fraction of sp³-hybridized carbons (Fsp3) is 0.242. The lowest BCUT2D eigenvalue weighted by molar-refractivity contribution is -0.135. The van der Waals surface area contributed by atoms with Gasteiger partial charge < -0.3 is 10.2 Å². The zero-order valence-electron chi connectivity index (χ0n) is 21.3. The third-order valence-corrected chi connectivity index (χ3v) is 7.13. The van der Waals surface area contributed by atoms with Crippen molar-refractivity contribution in [2.24, 2.45) is 0 Å². The SMILES string of the molecule is O=C(C(Cc1ccccc1)NCc1ccc(-c2ccccc2)cc1)N1CCN(Cc2ccccc2)CC1. The van der Waals surface area contributed by atoms with E-state index in [4.69, 9.17) is 0 Å². The second kappa shape index (κ2) is 12.5. The van der Waals surface area contributed by atoms with Crippen molar-refractivity contribution in [3.05, 3.63) is 132 Å². The molecule has 4 aromatic rings. The van der Waals surface area contributed by atoms with Crippen LogP contribution in [0.5, 0.6) is 0 Å². The molecule has 1 unspecified atom stereocenters. The molecule has 1 aliphatic rings. The molecule has 1 aliphatic heterocycles.